The summed E-state index contributed by atoms with van der Waals surface area (Å²) in [6.45, 7) is 0.133. The van der Waals surface area contributed by atoms with Crippen LogP contribution >= 0.6 is 23.2 Å². The molecule has 0 fully saturated rings. The quantitative estimate of drug-likeness (QED) is 0.872. The molecule has 0 aliphatic rings. The highest BCUT2D eigenvalue weighted by atomic mass is 35.5. The largest absolute Gasteiger partial charge is 0.383 e. The van der Waals surface area contributed by atoms with Crippen molar-refractivity contribution < 1.29 is 9.53 Å². The molecule has 0 bridgehead atoms. The maximum atomic E-state index is 11.6. The third-order valence-electron chi connectivity index (χ3n) is 1.89. The van der Waals surface area contributed by atoms with Crippen LogP contribution in [-0.4, -0.2) is 25.7 Å². The van der Waals surface area contributed by atoms with Crippen molar-refractivity contribution >= 4 is 34.8 Å². The summed E-state index contributed by atoms with van der Waals surface area (Å²) in [5.74, 6) is -0.392. The molecule has 0 aliphatic heterocycles. The minimum absolute atomic E-state index is 0.133. The SMILES string of the molecule is COCC(N)C(=O)Nc1c(Cl)cccc1Cl. The second-order valence-electron chi connectivity index (χ2n) is 3.15. The summed E-state index contributed by atoms with van der Waals surface area (Å²) >= 11 is 11.8. The van der Waals surface area contributed by atoms with Gasteiger partial charge in [0.2, 0.25) is 5.91 Å². The summed E-state index contributed by atoms with van der Waals surface area (Å²) in [5, 5.41) is 3.29. The zero-order valence-corrected chi connectivity index (χ0v) is 10.2. The lowest BCUT2D eigenvalue weighted by Crippen LogP contribution is -2.39. The van der Waals surface area contributed by atoms with Gasteiger partial charge in [-0.05, 0) is 12.1 Å². The van der Waals surface area contributed by atoms with Crippen molar-refractivity contribution in [2.24, 2.45) is 5.73 Å². The number of hydrogen-bond acceptors (Lipinski definition) is 3. The van der Waals surface area contributed by atoms with Crippen LogP contribution in [0.5, 0.6) is 0 Å². The van der Waals surface area contributed by atoms with Crippen LogP contribution in [-0.2, 0) is 9.53 Å². The Balaban J connectivity index is 2.77. The average Bonchev–Trinajstić information content (AvgIpc) is 2.23. The van der Waals surface area contributed by atoms with E-state index in [1.807, 2.05) is 0 Å². The normalized spacial score (nSPS) is 12.2. The number of halogens is 2. The fraction of sp³-hybridized carbons (Fsp3) is 0.300. The van der Waals surface area contributed by atoms with Gasteiger partial charge in [0.05, 0.1) is 22.3 Å². The van der Waals surface area contributed by atoms with E-state index in [9.17, 15) is 4.79 Å². The maximum absolute atomic E-state index is 11.6. The van der Waals surface area contributed by atoms with Gasteiger partial charge in [-0.3, -0.25) is 4.79 Å². The Morgan fingerprint density at radius 2 is 2.06 bits per heavy atom. The van der Waals surface area contributed by atoms with Crippen molar-refractivity contribution in [2.75, 3.05) is 19.0 Å². The number of ether oxygens (including phenoxy) is 1. The molecule has 0 saturated heterocycles. The van der Waals surface area contributed by atoms with Crippen molar-refractivity contribution in [3.8, 4) is 0 Å². The first-order valence-electron chi connectivity index (χ1n) is 4.55. The molecule has 1 aromatic rings. The second kappa shape index (κ2) is 6.06. The number of para-hydroxylation sites is 1. The van der Waals surface area contributed by atoms with Crippen LogP contribution < -0.4 is 11.1 Å². The Morgan fingerprint density at radius 3 is 2.56 bits per heavy atom. The number of carbonyl (C=O) groups is 1. The van der Waals surface area contributed by atoms with Gasteiger partial charge in [0.1, 0.15) is 6.04 Å². The van der Waals surface area contributed by atoms with Crippen LogP contribution in [0.25, 0.3) is 0 Å². The van der Waals surface area contributed by atoms with E-state index in [-0.39, 0.29) is 6.61 Å². The molecule has 88 valence electrons. The number of nitrogens with two attached hydrogens (primary N) is 1. The Kier molecular flexibility index (Phi) is 5.02. The number of amides is 1. The van der Waals surface area contributed by atoms with Crippen LogP contribution in [0.3, 0.4) is 0 Å². The van der Waals surface area contributed by atoms with Crippen molar-refractivity contribution in [1.29, 1.82) is 0 Å². The van der Waals surface area contributed by atoms with E-state index < -0.39 is 11.9 Å². The monoisotopic (exact) mass is 262 g/mol. The molecule has 1 rings (SSSR count). The van der Waals surface area contributed by atoms with Crippen LogP contribution in [0.2, 0.25) is 10.0 Å². The summed E-state index contributed by atoms with van der Waals surface area (Å²) in [6, 6.07) is 4.20. The Bertz CT molecular complexity index is 365. The molecular weight excluding hydrogens is 251 g/mol. The fourth-order valence-electron chi connectivity index (χ4n) is 1.09. The molecule has 3 N–H and O–H groups in total. The molecule has 1 aromatic carbocycles. The van der Waals surface area contributed by atoms with Crippen molar-refractivity contribution in [3.63, 3.8) is 0 Å². The number of carbonyl (C=O) groups excluding carboxylic acids is 1. The van der Waals surface area contributed by atoms with E-state index in [0.29, 0.717) is 15.7 Å². The zero-order chi connectivity index (χ0) is 12.1. The molecule has 0 saturated carbocycles. The minimum Gasteiger partial charge on any atom is -0.383 e. The van der Waals surface area contributed by atoms with E-state index in [2.05, 4.69) is 5.32 Å². The molecule has 4 nitrogen and oxygen atoms in total. The Morgan fingerprint density at radius 1 is 1.50 bits per heavy atom. The van der Waals surface area contributed by atoms with E-state index in [1.165, 1.54) is 7.11 Å². The first-order valence-corrected chi connectivity index (χ1v) is 5.31. The lowest BCUT2D eigenvalue weighted by atomic mass is 10.2. The van der Waals surface area contributed by atoms with Crippen LogP contribution in [0, 0.1) is 0 Å². The lowest BCUT2D eigenvalue weighted by molar-refractivity contribution is -0.118. The first-order chi connectivity index (χ1) is 7.56. The standard InChI is InChI=1S/C10H12Cl2N2O2/c1-16-5-8(13)10(15)14-9-6(11)3-2-4-7(9)12/h2-4,8H,5,13H2,1H3,(H,14,15). The van der Waals surface area contributed by atoms with Gasteiger partial charge in [-0.25, -0.2) is 0 Å². The molecular formula is C10H12Cl2N2O2. The van der Waals surface area contributed by atoms with Gasteiger partial charge in [0.15, 0.2) is 0 Å². The number of nitrogens with one attached hydrogen (secondary N) is 1. The molecule has 0 aromatic heterocycles. The number of hydrogen-bond donors (Lipinski definition) is 2. The zero-order valence-electron chi connectivity index (χ0n) is 8.67. The lowest BCUT2D eigenvalue weighted by Gasteiger charge is -2.13. The van der Waals surface area contributed by atoms with Gasteiger partial charge in [-0.1, -0.05) is 29.3 Å². The fourth-order valence-corrected chi connectivity index (χ4v) is 1.58. The van der Waals surface area contributed by atoms with Gasteiger partial charge in [0.25, 0.3) is 0 Å². The van der Waals surface area contributed by atoms with Crippen molar-refractivity contribution in [1.82, 2.24) is 0 Å². The van der Waals surface area contributed by atoms with Gasteiger partial charge < -0.3 is 15.8 Å². The highest BCUT2D eigenvalue weighted by molar-refractivity contribution is 6.39. The Labute approximate surface area is 104 Å². The summed E-state index contributed by atoms with van der Waals surface area (Å²) in [6.07, 6.45) is 0. The molecule has 6 heteroatoms. The van der Waals surface area contributed by atoms with Gasteiger partial charge in [-0.2, -0.15) is 0 Å². The molecule has 1 amide bonds. The number of methoxy groups -OCH3 is 1. The molecule has 0 aliphatic carbocycles. The summed E-state index contributed by atoms with van der Waals surface area (Å²) < 4.78 is 4.77. The van der Waals surface area contributed by atoms with Crippen molar-refractivity contribution in [3.05, 3.63) is 28.2 Å². The second-order valence-corrected chi connectivity index (χ2v) is 3.96. The maximum Gasteiger partial charge on any atom is 0.243 e. The predicted octanol–water partition coefficient (Wildman–Crippen LogP) is 1.91. The Hall–Kier alpha value is -0.810. The molecule has 0 radical (unpaired) electrons. The van der Waals surface area contributed by atoms with Gasteiger partial charge >= 0.3 is 0 Å². The van der Waals surface area contributed by atoms with Crippen LogP contribution in [0.15, 0.2) is 18.2 Å². The number of benzene rings is 1. The summed E-state index contributed by atoms with van der Waals surface area (Å²) in [7, 11) is 1.47. The molecule has 1 atom stereocenters. The van der Waals surface area contributed by atoms with E-state index >= 15 is 0 Å². The number of anilines is 1. The summed E-state index contributed by atoms with van der Waals surface area (Å²) in [4.78, 5) is 11.6. The highest BCUT2D eigenvalue weighted by Crippen LogP contribution is 2.29. The number of rotatable bonds is 4. The van der Waals surface area contributed by atoms with E-state index in [4.69, 9.17) is 33.7 Å². The molecule has 1 unspecified atom stereocenters. The molecule has 0 heterocycles. The first kappa shape index (κ1) is 13.3. The topological polar surface area (TPSA) is 64.3 Å². The molecule has 0 spiro atoms. The predicted molar refractivity (Wildman–Crippen MR) is 64.9 cm³/mol. The third kappa shape index (κ3) is 3.35. The van der Waals surface area contributed by atoms with Crippen LogP contribution in [0.1, 0.15) is 0 Å². The van der Waals surface area contributed by atoms with Crippen LogP contribution in [0.4, 0.5) is 5.69 Å². The smallest absolute Gasteiger partial charge is 0.243 e. The summed E-state index contributed by atoms with van der Waals surface area (Å²) in [5.41, 5.74) is 5.92. The average molecular weight is 263 g/mol. The van der Waals surface area contributed by atoms with E-state index in [1.54, 1.807) is 18.2 Å². The van der Waals surface area contributed by atoms with Crippen molar-refractivity contribution in [2.45, 2.75) is 6.04 Å². The van der Waals surface area contributed by atoms with E-state index in [0.717, 1.165) is 0 Å². The van der Waals surface area contributed by atoms with Gasteiger partial charge in [0, 0.05) is 7.11 Å². The highest BCUT2D eigenvalue weighted by Gasteiger charge is 2.15. The molecule has 16 heavy (non-hydrogen) atoms. The minimum atomic E-state index is -0.752. The third-order valence-corrected chi connectivity index (χ3v) is 2.52. The van der Waals surface area contributed by atoms with Gasteiger partial charge in [-0.15, -0.1) is 0 Å².